The van der Waals surface area contributed by atoms with E-state index in [2.05, 4.69) is 104 Å². The van der Waals surface area contributed by atoms with Crippen LogP contribution < -0.4 is 52.0 Å². The topological polar surface area (TPSA) is 345 Å². The van der Waals surface area contributed by atoms with Crippen molar-refractivity contribution in [1.29, 1.82) is 0 Å². The Morgan fingerprint density at radius 2 is 0.727 bits per heavy atom. The Morgan fingerprint density at radius 3 is 1.07 bits per heavy atom. The van der Waals surface area contributed by atoms with Gasteiger partial charge in [-0.2, -0.15) is 9.97 Å². The maximum Gasteiger partial charge on any atom is 0.263 e. The summed E-state index contributed by atoms with van der Waals surface area (Å²) >= 11 is 0. The lowest BCUT2D eigenvalue weighted by atomic mass is 9.96. The molecule has 2 aliphatic carbocycles. The number of hydrogen-bond donors (Lipinski definition) is 4. The van der Waals surface area contributed by atoms with Crippen LogP contribution in [0.3, 0.4) is 0 Å². The molecule has 6 amide bonds. The maximum absolute atomic E-state index is 13.6. The van der Waals surface area contributed by atoms with Crippen LogP contribution in [0.2, 0.25) is 0 Å². The van der Waals surface area contributed by atoms with Gasteiger partial charge in [0.1, 0.15) is 35.0 Å². The molecule has 20 rings (SSSR count). The number of carbonyl (C=O) groups is 8. The number of aromatic nitrogens is 8. The van der Waals surface area contributed by atoms with Crippen LogP contribution in [0.5, 0.6) is 0 Å². The van der Waals surface area contributed by atoms with Crippen LogP contribution in [0.25, 0.3) is 22.1 Å². The molecule has 16 heterocycles. The van der Waals surface area contributed by atoms with E-state index in [4.69, 9.17) is 19.9 Å². The van der Waals surface area contributed by atoms with Gasteiger partial charge in [0, 0.05) is 228 Å². The van der Waals surface area contributed by atoms with Gasteiger partial charge in [-0.05, 0) is 213 Å². The van der Waals surface area contributed by atoms with Crippen LogP contribution in [0.1, 0.15) is 192 Å². The molecule has 2 unspecified atom stereocenters. The van der Waals surface area contributed by atoms with Crippen LogP contribution in [-0.2, 0) is 32.3 Å². The fourth-order valence-corrected chi connectivity index (χ4v) is 22.6. The smallest absolute Gasteiger partial charge is 0.263 e. The monoisotopic (exact) mass is 1800 g/mol. The summed E-state index contributed by atoms with van der Waals surface area (Å²) in [6.45, 7) is 34.4. The normalized spacial score (nSPS) is 21.8. The van der Waals surface area contributed by atoms with Crippen molar-refractivity contribution in [2.24, 2.45) is 11.8 Å². The third-order valence-electron chi connectivity index (χ3n) is 30.4. The van der Waals surface area contributed by atoms with Gasteiger partial charge in [0.25, 0.3) is 22.9 Å². The van der Waals surface area contributed by atoms with Crippen molar-refractivity contribution in [3.05, 3.63) is 151 Å². The number of nitrogens with zero attached hydrogens (tertiary/aromatic N) is 20. The van der Waals surface area contributed by atoms with Gasteiger partial charge in [0.2, 0.25) is 35.5 Å². The molecule has 10 fully saturated rings. The van der Waals surface area contributed by atoms with E-state index in [9.17, 15) is 47.9 Å². The number of hydrogen-bond acceptors (Lipinski definition) is 28. The molecular formula is C98H124N24O10. The van der Waals surface area contributed by atoms with Crippen molar-refractivity contribution in [3.8, 4) is 0 Å². The third-order valence-corrected chi connectivity index (χ3v) is 30.4. The molecule has 0 radical (unpaired) electrons. The number of ketones is 2. The highest BCUT2D eigenvalue weighted by Crippen LogP contribution is 2.38. The Balaban J connectivity index is 0.000000170. The number of piperidine rings is 4. The van der Waals surface area contributed by atoms with Crippen molar-refractivity contribution in [1.82, 2.24) is 88.9 Å². The fraction of sp³-hybridized carbons (Fsp3) is 0.551. The van der Waals surface area contributed by atoms with Crippen molar-refractivity contribution >= 4 is 115 Å². The molecule has 2 saturated carbocycles. The Morgan fingerprint density at radius 1 is 0.386 bits per heavy atom. The lowest BCUT2D eigenvalue weighted by Gasteiger charge is -2.40. The van der Waals surface area contributed by atoms with Gasteiger partial charge in [-0.1, -0.05) is 25.7 Å². The summed E-state index contributed by atoms with van der Waals surface area (Å²) in [5.41, 5.74) is 10.0. The molecule has 6 aromatic heterocycles. The molecule has 4 N–H and O–H groups in total. The van der Waals surface area contributed by atoms with Crippen LogP contribution in [0.4, 0.5) is 46.3 Å². The first-order valence-electron chi connectivity index (χ1n) is 48.3. The minimum Gasteiger partial charge on any atom is -0.369 e. The number of anilines is 8. The quantitative estimate of drug-likeness (QED) is 0.0329. The molecule has 0 spiro atoms. The standard InChI is InChI=1S/2C49H62N12O5/c2*1-32-40-29-51-49(54-45(40)61(36-5-3-4-6-36)48(66)44(32)33(2)62)52-42-11-8-38(28-50-42)59-23-19-56(20-24-59)18-17-55-15-13-34(14-16-55)30-57-21-25-58(26-22-57)37-7-9-39-35(27-37)31-60(47(39)65)41-10-12-43(63)53-46(41)64/h2*7-9,11,27-29,34,36,41H,3-6,10,12-26,30-31H2,1-2H3,(H,53,63,64)(H,50,51,52,54). The second kappa shape index (κ2) is 39.3. The summed E-state index contributed by atoms with van der Waals surface area (Å²) in [5.74, 6) is 1.45. The summed E-state index contributed by atoms with van der Waals surface area (Å²) in [6, 6.07) is 19.1. The minimum atomic E-state index is -0.590. The van der Waals surface area contributed by atoms with Gasteiger partial charge in [-0.15, -0.1) is 0 Å². The van der Waals surface area contributed by atoms with Crippen molar-refractivity contribution in [3.63, 3.8) is 0 Å². The first-order valence-corrected chi connectivity index (χ1v) is 48.3. The molecule has 34 nitrogen and oxygen atoms in total. The first-order chi connectivity index (χ1) is 64.1. The summed E-state index contributed by atoms with van der Waals surface area (Å²) in [5, 5.41) is 12.7. The number of Topliss-reactive ketones (excluding diaryl/α,β-unsaturated/α-hetero) is 2. The van der Waals surface area contributed by atoms with Gasteiger partial charge >= 0.3 is 0 Å². The summed E-state index contributed by atoms with van der Waals surface area (Å²) < 4.78 is 3.47. The maximum atomic E-state index is 13.6. The van der Waals surface area contributed by atoms with E-state index < -0.39 is 12.1 Å². The minimum absolute atomic E-state index is 0.0234. The number of benzene rings is 2. The van der Waals surface area contributed by atoms with E-state index >= 15 is 0 Å². The zero-order valence-corrected chi connectivity index (χ0v) is 76.7. The Labute approximate surface area is 769 Å². The lowest BCUT2D eigenvalue weighted by molar-refractivity contribution is -0.138. The van der Waals surface area contributed by atoms with Crippen LogP contribution in [0, 0.1) is 25.7 Å². The molecule has 10 aliphatic heterocycles. The second-order valence-corrected chi connectivity index (χ2v) is 38.5. The number of rotatable bonds is 24. The van der Waals surface area contributed by atoms with E-state index in [1.165, 1.54) is 39.5 Å². The Kier molecular flexibility index (Phi) is 26.7. The van der Waals surface area contributed by atoms with Gasteiger partial charge in [-0.25, -0.2) is 19.9 Å². The van der Waals surface area contributed by atoms with Gasteiger partial charge in [-0.3, -0.25) is 87.3 Å². The third kappa shape index (κ3) is 19.4. The number of aryl methyl sites for hydroxylation is 2. The van der Waals surface area contributed by atoms with E-state index in [-0.39, 0.29) is 94.2 Å². The van der Waals surface area contributed by atoms with Crippen LogP contribution >= 0.6 is 0 Å². The number of imide groups is 2. The molecule has 0 bridgehead atoms. The van der Waals surface area contributed by atoms with E-state index in [1.54, 1.807) is 45.2 Å². The lowest BCUT2D eigenvalue weighted by Crippen LogP contribution is -2.52. The summed E-state index contributed by atoms with van der Waals surface area (Å²) in [4.78, 5) is 184. The molecule has 12 aliphatic rings. The van der Waals surface area contributed by atoms with Crippen molar-refractivity contribution in [2.45, 2.75) is 168 Å². The summed E-state index contributed by atoms with van der Waals surface area (Å²) in [6.07, 6.45) is 21.3. The summed E-state index contributed by atoms with van der Waals surface area (Å²) in [7, 11) is 0. The molecule has 8 aromatic rings. The number of nitrogens with one attached hydrogen (secondary N) is 4. The Hall–Kier alpha value is -11.6. The predicted octanol–water partition coefficient (Wildman–Crippen LogP) is 7.95. The molecule has 2 atom stereocenters. The number of likely N-dealkylation sites (tertiary alicyclic amines) is 2. The van der Waals surface area contributed by atoms with Crippen LogP contribution in [-0.4, -0.2) is 307 Å². The van der Waals surface area contributed by atoms with Crippen LogP contribution in [0.15, 0.2) is 95.0 Å². The highest BCUT2D eigenvalue weighted by atomic mass is 16.2. The molecule has 2 aromatic carbocycles. The van der Waals surface area contributed by atoms with E-state index in [0.717, 1.165) is 278 Å². The number of piperazine rings is 4. The van der Waals surface area contributed by atoms with E-state index in [1.807, 2.05) is 48.8 Å². The molecule has 132 heavy (non-hydrogen) atoms. The van der Waals surface area contributed by atoms with Crippen molar-refractivity contribution in [2.75, 3.05) is 200 Å². The zero-order valence-electron chi connectivity index (χ0n) is 76.7. The number of fused-ring (bicyclic) bond motifs is 4. The SMILES string of the molecule is CC(=O)c1c(C)c2cnc(Nc3ccc(N4CCN(CCN5CCC(CN6CCN(c7ccc8c(c7)CN(C7CCC(=O)NC7=O)C8=O)CC6)CC5)CC4)cn3)nc2n(C2CCCC2)c1=O.CC(=O)c1c(C)c2cnc(Nc3ccc(N4CCN(CCN5CCC(CN6CCN(c7ccc8c(c7)CN(C7CCC(=O)NC7=O)C8=O)CC6)CC5)CC4)cn3)nc2n(C2CCCC2)c1=O. The van der Waals surface area contributed by atoms with Gasteiger partial charge in [0.15, 0.2) is 11.6 Å². The van der Waals surface area contributed by atoms with Crippen molar-refractivity contribution < 1.29 is 38.4 Å². The largest absolute Gasteiger partial charge is 0.369 e. The first kappa shape index (κ1) is 89.6. The predicted molar refractivity (Wildman–Crippen MR) is 505 cm³/mol. The highest BCUT2D eigenvalue weighted by molar-refractivity contribution is 6.07. The number of pyridine rings is 4. The highest BCUT2D eigenvalue weighted by Gasteiger charge is 2.43. The van der Waals surface area contributed by atoms with E-state index in [0.29, 0.717) is 83.0 Å². The number of carbonyl (C=O) groups excluding carboxylic acids is 8. The zero-order chi connectivity index (χ0) is 91.0. The van der Waals surface area contributed by atoms with Gasteiger partial charge in [0.05, 0.1) is 34.9 Å². The van der Waals surface area contributed by atoms with Gasteiger partial charge < -0.3 is 49.8 Å². The Bertz CT molecular complexity index is 5460. The fourth-order valence-electron chi connectivity index (χ4n) is 22.6. The molecule has 696 valence electrons. The average Bonchev–Trinajstić information content (AvgIpc) is 0.867. The number of amides is 6. The average molecular weight is 1800 g/mol. The molecule has 8 saturated heterocycles. The molecular weight excluding hydrogens is 1670 g/mol. The second-order valence-electron chi connectivity index (χ2n) is 38.5. The molecule has 34 heteroatoms.